The third-order valence-electron chi connectivity index (χ3n) is 8.05. The maximum atomic E-state index is 11.8. The number of hydrogen-bond donors (Lipinski definition) is 0. The molecular weight excluding hydrogens is 599 g/mol. The number of unbranched alkanes of at least 4 members (excludes halogenated alkanes) is 4. The summed E-state index contributed by atoms with van der Waals surface area (Å²) in [6.07, 6.45) is 16.8. The predicted octanol–water partition coefficient (Wildman–Crippen LogP) is 9.46. The van der Waals surface area contributed by atoms with Gasteiger partial charge in [0.15, 0.2) is 0 Å². The van der Waals surface area contributed by atoms with Crippen molar-refractivity contribution in [3.8, 4) is 0 Å². The molecule has 0 aromatic carbocycles. The number of rotatable bonds is 28. The molecule has 0 fully saturated rings. The van der Waals surface area contributed by atoms with Crippen LogP contribution in [0.25, 0.3) is 0 Å². The van der Waals surface area contributed by atoms with Crippen LogP contribution in [0.3, 0.4) is 0 Å². The third kappa shape index (κ3) is 30.1. The standard InChI is InChI=1S/2C16H35O4P.Mg/c2*1-5-9-11-15(7-3)13-19-21(17,18)20-14-16(8-4)12-10-6-2;/h2*15-16H,5-14H2,1-4H3,(H,17,18);/q;;+2/p-2. The predicted molar refractivity (Wildman–Crippen MR) is 178 cm³/mol. The van der Waals surface area contributed by atoms with E-state index in [9.17, 15) is 18.9 Å². The van der Waals surface area contributed by atoms with Crippen LogP contribution in [0.2, 0.25) is 0 Å². The molecule has 0 saturated heterocycles. The van der Waals surface area contributed by atoms with Gasteiger partial charge in [0.2, 0.25) is 0 Å². The monoisotopic (exact) mass is 666 g/mol. The van der Waals surface area contributed by atoms with E-state index in [1.807, 2.05) is 0 Å². The molecule has 4 unspecified atom stereocenters. The van der Waals surface area contributed by atoms with Crippen molar-refractivity contribution in [2.75, 3.05) is 26.4 Å². The summed E-state index contributed by atoms with van der Waals surface area (Å²) in [6, 6.07) is 0. The molecule has 0 amide bonds. The van der Waals surface area contributed by atoms with Crippen molar-refractivity contribution >= 4 is 38.7 Å². The molecule has 0 aromatic heterocycles. The fourth-order valence-corrected chi connectivity index (χ4v) is 6.18. The molecule has 8 nitrogen and oxygen atoms in total. The van der Waals surface area contributed by atoms with E-state index in [2.05, 4.69) is 55.4 Å². The van der Waals surface area contributed by atoms with Gasteiger partial charge in [0, 0.05) is 0 Å². The van der Waals surface area contributed by atoms with Gasteiger partial charge in [-0.2, -0.15) is 0 Å². The molecule has 256 valence electrons. The molecule has 0 aliphatic heterocycles. The van der Waals surface area contributed by atoms with Gasteiger partial charge in [0.05, 0.1) is 26.4 Å². The summed E-state index contributed by atoms with van der Waals surface area (Å²) in [7, 11) is -8.28. The zero-order valence-electron chi connectivity index (χ0n) is 29.3. The van der Waals surface area contributed by atoms with Gasteiger partial charge < -0.3 is 27.9 Å². The molecule has 43 heavy (non-hydrogen) atoms. The summed E-state index contributed by atoms with van der Waals surface area (Å²) in [5.74, 6) is 1.21. The molecule has 0 N–H and O–H groups in total. The van der Waals surface area contributed by atoms with Gasteiger partial charge in [0.25, 0.3) is 15.6 Å². The molecule has 11 heteroatoms. The normalized spacial score (nSPS) is 17.0. The van der Waals surface area contributed by atoms with Crippen molar-refractivity contribution in [3.63, 3.8) is 0 Å². The van der Waals surface area contributed by atoms with Crippen LogP contribution in [0.15, 0.2) is 0 Å². The zero-order chi connectivity index (χ0) is 32.3. The molecule has 0 aromatic rings. The molecule has 0 radical (unpaired) electrons. The number of phosphoric acid groups is 2. The van der Waals surface area contributed by atoms with Crippen molar-refractivity contribution in [1.29, 1.82) is 0 Å². The summed E-state index contributed by atoms with van der Waals surface area (Å²) in [5.41, 5.74) is 0. The zero-order valence-corrected chi connectivity index (χ0v) is 32.5. The van der Waals surface area contributed by atoms with E-state index in [0.29, 0.717) is 23.7 Å². The minimum Gasteiger partial charge on any atom is -0.756 e. The van der Waals surface area contributed by atoms with Crippen molar-refractivity contribution < 1.29 is 37.0 Å². The molecule has 0 bridgehead atoms. The van der Waals surface area contributed by atoms with Crippen molar-refractivity contribution in [2.45, 2.75) is 158 Å². The Morgan fingerprint density at radius 3 is 0.767 bits per heavy atom. The molecule has 0 spiro atoms. The van der Waals surface area contributed by atoms with Gasteiger partial charge in [-0.15, -0.1) is 0 Å². The van der Waals surface area contributed by atoms with Crippen LogP contribution in [-0.4, -0.2) is 49.5 Å². The Labute approximate surface area is 282 Å². The van der Waals surface area contributed by atoms with E-state index in [0.717, 1.165) is 103 Å². The van der Waals surface area contributed by atoms with Gasteiger partial charge in [-0.05, 0) is 49.4 Å². The van der Waals surface area contributed by atoms with Crippen LogP contribution in [-0.2, 0) is 27.2 Å². The average Bonchev–Trinajstić information content (AvgIpc) is 2.98. The second-order valence-electron chi connectivity index (χ2n) is 11.7. The van der Waals surface area contributed by atoms with Crippen LogP contribution in [0.4, 0.5) is 0 Å². The molecule has 0 aliphatic rings. The minimum atomic E-state index is -4.14. The van der Waals surface area contributed by atoms with Gasteiger partial charge in [-0.25, -0.2) is 0 Å². The first-order valence-corrected chi connectivity index (χ1v) is 20.1. The Kier molecular flexibility index (Phi) is 35.5. The first-order valence-electron chi connectivity index (χ1n) is 17.2. The van der Waals surface area contributed by atoms with Crippen LogP contribution < -0.4 is 9.79 Å². The summed E-state index contributed by atoms with van der Waals surface area (Å²) in [4.78, 5) is 23.6. The number of phosphoric ester groups is 2. The molecule has 0 saturated carbocycles. The van der Waals surface area contributed by atoms with Crippen molar-refractivity contribution in [2.24, 2.45) is 23.7 Å². The quantitative estimate of drug-likeness (QED) is 0.0599. The second-order valence-corrected chi connectivity index (χ2v) is 14.6. The van der Waals surface area contributed by atoms with Crippen molar-refractivity contribution in [3.05, 3.63) is 0 Å². The Morgan fingerprint density at radius 2 is 0.628 bits per heavy atom. The summed E-state index contributed by atoms with van der Waals surface area (Å²) in [5, 5.41) is 0. The van der Waals surface area contributed by atoms with Crippen molar-refractivity contribution in [1.82, 2.24) is 0 Å². The summed E-state index contributed by atoms with van der Waals surface area (Å²) in [6.45, 7) is 17.8. The largest absolute Gasteiger partial charge is 2.00 e. The summed E-state index contributed by atoms with van der Waals surface area (Å²) >= 11 is 0. The Bertz CT molecular complexity index is 582. The molecule has 0 rings (SSSR count). The van der Waals surface area contributed by atoms with Gasteiger partial charge in [0.1, 0.15) is 0 Å². The Hall–Kier alpha value is 0.986. The average molecular weight is 667 g/mol. The SMILES string of the molecule is CCCCC(CC)COP(=O)([O-])OCC(CC)CCCC.CCCCC(CC)COP(=O)([O-])OCC(CC)CCCC.[Mg+2]. The van der Waals surface area contributed by atoms with Gasteiger partial charge in [-0.3, -0.25) is 9.13 Å². The van der Waals surface area contributed by atoms with Crippen LogP contribution in [0, 0.1) is 23.7 Å². The third-order valence-corrected chi connectivity index (χ3v) is 9.91. The number of hydrogen-bond acceptors (Lipinski definition) is 8. The molecule has 0 heterocycles. The maximum absolute atomic E-state index is 11.8. The fraction of sp³-hybridized carbons (Fsp3) is 1.00. The van der Waals surface area contributed by atoms with Gasteiger partial charge in [-0.1, -0.05) is 132 Å². The maximum Gasteiger partial charge on any atom is 2.00 e. The first kappa shape index (κ1) is 48.4. The topological polar surface area (TPSA) is 117 Å². The van der Waals surface area contributed by atoms with Crippen LogP contribution in [0.5, 0.6) is 0 Å². The van der Waals surface area contributed by atoms with E-state index in [-0.39, 0.29) is 49.5 Å². The smallest absolute Gasteiger partial charge is 0.756 e. The Balaban J connectivity index is -0.000000727. The molecule has 0 aliphatic carbocycles. The molecular formula is C32H68MgO8P2. The van der Waals surface area contributed by atoms with E-state index < -0.39 is 15.6 Å². The van der Waals surface area contributed by atoms with E-state index in [1.165, 1.54) is 0 Å². The van der Waals surface area contributed by atoms with E-state index >= 15 is 0 Å². The fourth-order valence-electron chi connectivity index (χ4n) is 4.45. The summed E-state index contributed by atoms with van der Waals surface area (Å²) < 4.78 is 43.8. The Morgan fingerprint density at radius 1 is 0.442 bits per heavy atom. The second kappa shape index (κ2) is 31.6. The van der Waals surface area contributed by atoms with Crippen LogP contribution >= 0.6 is 15.6 Å². The van der Waals surface area contributed by atoms with E-state index in [4.69, 9.17) is 18.1 Å². The van der Waals surface area contributed by atoms with Crippen LogP contribution in [0.1, 0.15) is 158 Å². The molecule has 4 atom stereocenters. The van der Waals surface area contributed by atoms with E-state index in [1.54, 1.807) is 0 Å². The van der Waals surface area contributed by atoms with Gasteiger partial charge >= 0.3 is 23.1 Å². The first-order chi connectivity index (χ1) is 20.0. The minimum absolute atomic E-state index is 0.